The summed E-state index contributed by atoms with van der Waals surface area (Å²) in [6.45, 7) is 1.50. The number of rotatable bonds is 6. The number of non-ortho nitro benzene ring substituents is 1. The number of hydrogen-bond acceptors (Lipinski definition) is 6. The number of nitro groups is 1. The van der Waals surface area contributed by atoms with Crippen LogP contribution >= 0.6 is 11.3 Å². The molecule has 0 spiro atoms. The highest BCUT2D eigenvalue weighted by atomic mass is 32.1. The zero-order valence-electron chi connectivity index (χ0n) is 15.1. The summed E-state index contributed by atoms with van der Waals surface area (Å²) in [6.07, 6.45) is 0. The van der Waals surface area contributed by atoms with Crippen LogP contribution in [0.2, 0.25) is 0 Å². The number of hydrogen-bond donors (Lipinski definition) is 2. The number of nitro benzene ring substituents is 1. The van der Waals surface area contributed by atoms with Gasteiger partial charge in [0.1, 0.15) is 5.82 Å². The molecule has 0 aliphatic carbocycles. The average Bonchev–Trinajstić information content (AvgIpc) is 3.06. The third kappa shape index (κ3) is 4.99. The number of nitrogens with zero attached hydrogens (tertiary/aromatic N) is 2. The lowest BCUT2D eigenvalue weighted by Gasteiger charge is -2.05. The second-order valence-electron chi connectivity index (χ2n) is 5.97. The molecule has 3 aromatic rings. The molecule has 0 aliphatic heterocycles. The van der Waals surface area contributed by atoms with E-state index in [1.54, 1.807) is 12.1 Å². The van der Waals surface area contributed by atoms with E-state index in [1.165, 1.54) is 41.7 Å². The van der Waals surface area contributed by atoms with Gasteiger partial charge >= 0.3 is 0 Å². The highest BCUT2D eigenvalue weighted by Crippen LogP contribution is 2.30. The van der Waals surface area contributed by atoms with Crippen LogP contribution in [0.4, 0.5) is 15.2 Å². The van der Waals surface area contributed by atoms with Crippen molar-refractivity contribution in [3.05, 3.63) is 74.9 Å². The Bertz CT molecular complexity index is 1080. The zero-order chi connectivity index (χ0) is 21.0. The van der Waals surface area contributed by atoms with Crippen LogP contribution in [0.25, 0.3) is 11.3 Å². The van der Waals surface area contributed by atoms with Crippen molar-refractivity contribution in [3.63, 3.8) is 0 Å². The van der Waals surface area contributed by atoms with Crippen molar-refractivity contribution in [2.75, 3.05) is 11.9 Å². The van der Waals surface area contributed by atoms with Crippen LogP contribution in [0.15, 0.2) is 48.5 Å². The van der Waals surface area contributed by atoms with Crippen molar-refractivity contribution in [2.45, 2.75) is 6.92 Å². The lowest BCUT2D eigenvalue weighted by atomic mass is 10.1. The Labute approximate surface area is 168 Å². The van der Waals surface area contributed by atoms with E-state index in [9.17, 15) is 24.1 Å². The van der Waals surface area contributed by atoms with Gasteiger partial charge in [-0.05, 0) is 37.3 Å². The highest BCUT2D eigenvalue weighted by Gasteiger charge is 2.15. The summed E-state index contributed by atoms with van der Waals surface area (Å²) in [4.78, 5) is 39.6. The summed E-state index contributed by atoms with van der Waals surface area (Å²) in [5.74, 6) is -1.45. The summed E-state index contributed by atoms with van der Waals surface area (Å²) >= 11 is 1.25. The Morgan fingerprint density at radius 1 is 1.21 bits per heavy atom. The van der Waals surface area contributed by atoms with Gasteiger partial charge in [0.2, 0.25) is 5.91 Å². The maximum Gasteiger partial charge on any atom is 0.270 e. The number of anilines is 1. The summed E-state index contributed by atoms with van der Waals surface area (Å²) in [5, 5.41) is 16.1. The number of aromatic nitrogens is 1. The van der Waals surface area contributed by atoms with Crippen molar-refractivity contribution in [3.8, 4) is 11.3 Å². The molecule has 29 heavy (non-hydrogen) atoms. The van der Waals surface area contributed by atoms with Crippen molar-refractivity contribution in [1.29, 1.82) is 0 Å². The third-order valence-corrected chi connectivity index (χ3v) is 4.78. The molecule has 2 amide bonds. The Kier molecular flexibility index (Phi) is 5.93. The number of halogens is 1. The highest BCUT2D eigenvalue weighted by molar-refractivity contribution is 7.16. The van der Waals surface area contributed by atoms with Gasteiger partial charge in [-0.1, -0.05) is 6.07 Å². The van der Waals surface area contributed by atoms with Crippen LogP contribution in [-0.2, 0) is 4.79 Å². The first-order chi connectivity index (χ1) is 13.8. The summed E-state index contributed by atoms with van der Waals surface area (Å²) in [5.41, 5.74) is 1.22. The molecule has 0 atom stereocenters. The molecule has 8 nitrogen and oxygen atoms in total. The Morgan fingerprint density at radius 2 is 1.93 bits per heavy atom. The van der Waals surface area contributed by atoms with Gasteiger partial charge in [-0.2, -0.15) is 0 Å². The van der Waals surface area contributed by atoms with Crippen LogP contribution < -0.4 is 10.6 Å². The summed E-state index contributed by atoms with van der Waals surface area (Å²) in [6, 6.07) is 11.1. The molecule has 0 saturated heterocycles. The van der Waals surface area contributed by atoms with E-state index in [0.717, 1.165) is 16.5 Å². The molecule has 3 rings (SSSR count). The maximum absolute atomic E-state index is 13.1. The van der Waals surface area contributed by atoms with E-state index in [0.29, 0.717) is 10.8 Å². The Morgan fingerprint density at radius 3 is 2.62 bits per heavy atom. The normalized spacial score (nSPS) is 10.4. The molecule has 10 heteroatoms. The standard InChI is InChI=1S/C19H15FN4O4S/c1-11-17(12-5-7-14(20)8-6-12)23-19(29-11)22-16(25)10-21-18(26)13-3-2-4-15(9-13)24(27)28/h2-9H,10H2,1H3,(H,21,26)(H,22,23,25). The summed E-state index contributed by atoms with van der Waals surface area (Å²) < 4.78 is 13.1. The Hall–Kier alpha value is -3.66. The first kappa shape index (κ1) is 20.1. The molecule has 0 fully saturated rings. The van der Waals surface area contributed by atoms with Crippen LogP contribution in [0.3, 0.4) is 0 Å². The number of carbonyl (C=O) groups excluding carboxylic acids is 2. The fourth-order valence-electron chi connectivity index (χ4n) is 2.51. The van der Waals surface area contributed by atoms with Crippen molar-refractivity contribution >= 4 is 34.0 Å². The minimum atomic E-state index is -0.605. The monoisotopic (exact) mass is 414 g/mol. The first-order valence-electron chi connectivity index (χ1n) is 8.39. The predicted molar refractivity (Wildman–Crippen MR) is 106 cm³/mol. The lowest BCUT2D eigenvalue weighted by molar-refractivity contribution is -0.384. The number of amides is 2. The molecule has 0 unspecified atom stereocenters. The fraction of sp³-hybridized carbons (Fsp3) is 0.105. The van der Waals surface area contributed by atoms with Crippen molar-refractivity contribution in [2.24, 2.45) is 0 Å². The van der Waals surface area contributed by atoms with E-state index < -0.39 is 16.7 Å². The van der Waals surface area contributed by atoms with E-state index in [2.05, 4.69) is 15.6 Å². The van der Waals surface area contributed by atoms with Gasteiger partial charge < -0.3 is 10.6 Å². The van der Waals surface area contributed by atoms with Gasteiger partial charge in [-0.25, -0.2) is 9.37 Å². The molecule has 0 radical (unpaired) electrons. The van der Waals surface area contributed by atoms with Gasteiger partial charge in [0, 0.05) is 28.1 Å². The molecule has 1 heterocycles. The van der Waals surface area contributed by atoms with Gasteiger partial charge in [0.05, 0.1) is 17.2 Å². The molecular weight excluding hydrogens is 399 g/mol. The van der Waals surface area contributed by atoms with Crippen molar-refractivity contribution < 1.29 is 18.9 Å². The van der Waals surface area contributed by atoms with E-state index in [-0.39, 0.29) is 23.6 Å². The Balaban J connectivity index is 1.60. The third-order valence-electron chi connectivity index (χ3n) is 3.89. The van der Waals surface area contributed by atoms with E-state index in [4.69, 9.17) is 0 Å². The maximum atomic E-state index is 13.1. The van der Waals surface area contributed by atoms with Crippen LogP contribution in [0.1, 0.15) is 15.2 Å². The lowest BCUT2D eigenvalue weighted by Crippen LogP contribution is -2.32. The topological polar surface area (TPSA) is 114 Å². The molecule has 1 aromatic heterocycles. The quantitative estimate of drug-likeness (QED) is 0.473. The molecule has 148 valence electrons. The number of benzene rings is 2. The fourth-order valence-corrected chi connectivity index (χ4v) is 3.36. The smallest absolute Gasteiger partial charge is 0.270 e. The first-order valence-corrected chi connectivity index (χ1v) is 9.21. The minimum absolute atomic E-state index is 0.0793. The number of carbonyl (C=O) groups is 2. The van der Waals surface area contributed by atoms with Crippen LogP contribution in [-0.4, -0.2) is 28.3 Å². The van der Waals surface area contributed by atoms with Crippen LogP contribution in [0, 0.1) is 22.9 Å². The van der Waals surface area contributed by atoms with Gasteiger partial charge in [0.25, 0.3) is 11.6 Å². The average molecular weight is 414 g/mol. The van der Waals surface area contributed by atoms with Crippen molar-refractivity contribution in [1.82, 2.24) is 10.3 Å². The molecule has 0 saturated carbocycles. The van der Waals surface area contributed by atoms with Gasteiger partial charge in [0.15, 0.2) is 5.13 Å². The number of nitrogens with one attached hydrogen (secondary N) is 2. The van der Waals surface area contributed by atoms with Crippen LogP contribution in [0.5, 0.6) is 0 Å². The summed E-state index contributed by atoms with van der Waals surface area (Å²) in [7, 11) is 0. The molecular formula is C19H15FN4O4S. The largest absolute Gasteiger partial charge is 0.343 e. The van der Waals surface area contributed by atoms with Gasteiger partial charge in [-0.3, -0.25) is 19.7 Å². The molecule has 2 aromatic carbocycles. The predicted octanol–water partition coefficient (Wildman–Crippen LogP) is 3.53. The number of aryl methyl sites for hydroxylation is 1. The molecule has 0 bridgehead atoms. The second-order valence-corrected chi connectivity index (χ2v) is 7.17. The SMILES string of the molecule is Cc1sc(NC(=O)CNC(=O)c2cccc([N+](=O)[O-])c2)nc1-c1ccc(F)cc1. The minimum Gasteiger partial charge on any atom is -0.343 e. The van der Waals surface area contributed by atoms with Gasteiger partial charge in [-0.15, -0.1) is 11.3 Å². The van der Waals surface area contributed by atoms with E-state index >= 15 is 0 Å². The second kappa shape index (κ2) is 8.57. The molecule has 2 N–H and O–H groups in total. The zero-order valence-corrected chi connectivity index (χ0v) is 16.0. The molecule has 0 aliphatic rings. The van der Waals surface area contributed by atoms with E-state index in [1.807, 2.05) is 6.92 Å². The number of thiazole rings is 1.